The van der Waals surface area contributed by atoms with Crippen LogP contribution in [0, 0.1) is 12.7 Å². The second kappa shape index (κ2) is 8.97. The number of hydrogen-bond acceptors (Lipinski definition) is 3. The molecule has 2 bridgehead atoms. The summed E-state index contributed by atoms with van der Waals surface area (Å²) in [6, 6.07) is 21.4. The van der Waals surface area contributed by atoms with Crippen molar-refractivity contribution in [1.82, 2.24) is 4.90 Å². The van der Waals surface area contributed by atoms with Crippen LogP contribution in [0.15, 0.2) is 78.4 Å². The number of morpholine rings is 1. The first-order valence-corrected chi connectivity index (χ1v) is 12.2. The summed E-state index contributed by atoms with van der Waals surface area (Å²) in [7, 11) is 0. The lowest BCUT2D eigenvalue weighted by atomic mass is 9.89. The van der Waals surface area contributed by atoms with E-state index in [1.165, 1.54) is 33.9 Å². The van der Waals surface area contributed by atoms with Crippen LogP contribution < -0.4 is 0 Å². The monoisotopic (exact) mass is 469 g/mol. The molecule has 35 heavy (non-hydrogen) atoms. The van der Waals surface area contributed by atoms with Crippen molar-refractivity contribution in [3.63, 3.8) is 0 Å². The van der Waals surface area contributed by atoms with Crippen molar-refractivity contribution >= 4 is 6.09 Å². The third kappa shape index (κ3) is 4.04. The normalized spacial score (nSPS) is 20.7. The first kappa shape index (κ1) is 22.1. The van der Waals surface area contributed by atoms with Crippen molar-refractivity contribution in [3.8, 4) is 11.1 Å². The number of carbonyl (C=O) groups is 1. The van der Waals surface area contributed by atoms with Gasteiger partial charge in [-0.15, -0.1) is 0 Å². The highest BCUT2D eigenvalue weighted by Crippen LogP contribution is 2.44. The standard InChI is InChI=1S/C30H28FNO3/c1-19-10-11-22(31)15-21(19)12-20-13-23-16-34-17-24(14-20)32(23)30(33)35-18-29-27-8-4-2-6-25(27)26-7-3-5-9-28(26)29/h2-11,13,15,23-24,29H,12,14,16-18H2,1H3. The summed E-state index contributed by atoms with van der Waals surface area (Å²) in [6.45, 7) is 3.25. The van der Waals surface area contributed by atoms with Gasteiger partial charge >= 0.3 is 6.09 Å². The van der Waals surface area contributed by atoms with Crippen LogP contribution in [0.1, 0.15) is 34.6 Å². The van der Waals surface area contributed by atoms with Crippen LogP contribution in [-0.2, 0) is 15.9 Å². The summed E-state index contributed by atoms with van der Waals surface area (Å²) in [5.74, 6) is -0.180. The van der Waals surface area contributed by atoms with E-state index in [0.717, 1.165) is 11.1 Å². The molecule has 2 atom stereocenters. The lowest BCUT2D eigenvalue weighted by Gasteiger charge is -2.44. The van der Waals surface area contributed by atoms with Gasteiger partial charge in [-0.05, 0) is 65.3 Å². The lowest BCUT2D eigenvalue weighted by Crippen LogP contribution is -2.56. The Morgan fingerprint density at radius 2 is 1.74 bits per heavy atom. The maximum atomic E-state index is 13.8. The third-order valence-electron chi connectivity index (χ3n) is 7.55. The molecule has 3 aromatic carbocycles. The van der Waals surface area contributed by atoms with Gasteiger partial charge < -0.3 is 9.47 Å². The van der Waals surface area contributed by atoms with Crippen molar-refractivity contribution in [3.05, 3.63) is 106 Å². The van der Waals surface area contributed by atoms with Crippen LogP contribution in [0.4, 0.5) is 9.18 Å². The van der Waals surface area contributed by atoms with Crippen molar-refractivity contribution in [2.24, 2.45) is 0 Å². The smallest absolute Gasteiger partial charge is 0.410 e. The molecule has 2 heterocycles. The van der Waals surface area contributed by atoms with Gasteiger partial charge in [0.25, 0.3) is 0 Å². The Balaban J connectivity index is 1.19. The minimum Gasteiger partial charge on any atom is -0.448 e. The van der Waals surface area contributed by atoms with E-state index in [1.807, 2.05) is 42.2 Å². The van der Waals surface area contributed by atoms with E-state index in [1.54, 1.807) is 6.07 Å². The molecule has 6 rings (SSSR count). The Hall–Kier alpha value is -3.44. The SMILES string of the molecule is Cc1ccc(F)cc1CC1=CC2COCC(C1)N2C(=O)OCC1c2ccccc2-c2ccccc21. The molecule has 0 aromatic heterocycles. The van der Waals surface area contributed by atoms with Crippen LogP contribution in [0.25, 0.3) is 11.1 Å². The molecule has 5 heteroatoms. The highest BCUT2D eigenvalue weighted by molar-refractivity contribution is 5.79. The number of amides is 1. The topological polar surface area (TPSA) is 38.8 Å². The quantitative estimate of drug-likeness (QED) is 0.438. The summed E-state index contributed by atoms with van der Waals surface area (Å²) in [5, 5.41) is 0. The largest absolute Gasteiger partial charge is 0.448 e. The second-order valence-electron chi connectivity index (χ2n) is 9.75. The molecule has 0 spiro atoms. The van der Waals surface area contributed by atoms with Crippen molar-refractivity contribution in [1.29, 1.82) is 0 Å². The number of carbonyl (C=O) groups excluding carboxylic acids is 1. The van der Waals surface area contributed by atoms with Crippen LogP contribution >= 0.6 is 0 Å². The molecule has 1 saturated heterocycles. The highest BCUT2D eigenvalue weighted by Gasteiger charge is 2.39. The van der Waals surface area contributed by atoms with Crippen molar-refractivity contribution in [2.45, 2.75) is 37.8 Å². The van der Waals surface area contributed by atoms with Gasteiger partial charge in [-0.25, -0.2) is 9.18 Å². The number of fused-ring (bicyclic) bond motifs is 5. The van der Waals surface area contributed by atoms with Gasteiger partial charge in [-0.2, -0.15) is 0 Å². The Labute approximate surface area is 205 Å². The molecule has 0 saturated carbocycles. The number of hydrogen-bond donors (Lipinski definition) is 0. The average molecular weight is 470 g/mol. The zero-order valence-corrected chi connectivity index (χ0v) is 19.7. The predicted molar refractivity (Wildman–Crippen MR) is 133 cm³/mol. The molecule has 2 unspecified atom stereocenters. The van der Waals surface area contributed by atoms with Crippen molar-refractivity contribution in [2.75, 3.05) is 19.8 Å². The van der Waals surface area contributed by atoms with Gasteiger partial charge in [0.15, 0.2) is 0 Å². The molecule has 178 valence electrons. The number of ether oxygens (including phenoxy) is 2. The molecule has 3 aromatic rings. The van der Waals surface area contributed by atoms with Gasteiger partial charge in [0, 0.05) is 5.92 Å². The summed E-state index contributed by atoms with van der Waals surface area (Å²) in [5.41, 5.74) is 8.13. The fourth-order valence-electron chi connectivity index (χ4n) is 5.84. The van der Waals surface area contributed by atoms with Gasteiger partial charge in [0.1, 0.15) is 12.4 Å². The Kier molecular flexibility index (Phi) is 5.65. The summed E-state index contributed by atoms with van der Waals surface area (Å²) in [4.78, 5) is 15.2. The number of rotatable bonds is 4. The number of halogens is 1. The predicted octanol–water partition coefficient (Wildman–Crippen LogP) is 6.03. The van der Waals surface area contributed by atoms with Crippen LogP contribution in [0.2, 0.25) is 0 Å². The zero-order chi connectivity index (χ0) is 23.9. The Bertz CT molecular complexity index is 1270. The van der Waals surface area contributed by atoms with Crippen molar-refractivity contribution < 1.29 is 18.7 Å². The molecule has 3 aliphatic rings. The maximum absolute atomic E-state index is 13.8. The zero-order valence-electron chi connectivity index (χ0n) is 19.7. The Morgan fingerprint density at radius 3 is 2.46 bits per heavy atom. The van der Waals surface area contributed by atoms with Gasteiger partial charge in [-0.1, -0.05) is 66.2 Å². The molecule has 0 N–H and O–H groups in total. The van der Waals surface area contributed by atoms with Crippen LogP contribution in [0.3, 0.4) is 0 Å². The molecule has 1 amide bonds. The first-order chi connectivity index (χ1) is 17.1. The van der Waals surface area contributed by atoms with Crippen LogP contribution in [0.5, 0.6) is 0 Å². The number of aryl methyl sites for hydroxylation is 1. The summed E-state index contributed by atoms with van der Waals surface area (Å²) >= 11 is 0. The molecular weight excluding hydrogens is 441 g/mol. The van der Waals surface area contributed by atoms with E-state index in [4.69, 9.17) is 9.47 Å². The van der Waals surface area contributed by atoms with E-state index in [9.17, 15) is 9.18 Å². The molecular formula is C30H28FNO3. The molecule has 4 nitrogen and oxygen atoms in total. The van der Waals surface area contributed by atoms with Crippen LogP contribution in [-0.4, -0.2) is 42.9 Å². The second-order valence-corrected chi connectivity index (χ2v) is 9.75. The fourth-order valence-corrected chi connectivity index (χ4v) is 5.84. The van der Waals surface area contributed by atoms with Gasteiger partial charge in [0.05, 0.1) is 25.3 Å². The number of benzene rings is 3. The van der Waals surface area contributed by atoms with E-state index < -0.39 is 0 Å². The fraction of sp³-hybridized carbons (Fsp3) is 0.300. The van der Waals surface area contributed by atoms with E-state index >= 15 is 0 Å². The molecule has 2 aliphatic heterocycles. The van der Waals surface area contributed by atoms with E-state index in [2.05, 4.69) is 30.3 Å². The molecule has 0 radical (unpaired) electrons. The van der Waals surface area contributed by atoms with E-state index in [0.29, 0.717) is 32.7 Å². The first-order valence-electron chi connectivity index (χ1n) is 12.2. The third-order valence-corrected chi connectivity index (χ3v) is 7.55. The lowest BCUT2D eigenvalue weighted by molar-refractivity contribution is -0.0363. The van der Waals surface area contributed by atoms with Gasteiger partial charge in [0.2, 0.25) is 0 Å². The van der Waals surface area contributed by atoms with E-state index in [-0.39, 0.29) is 29.9 Å². The summed E-state index contributed by atoms with van der Waals surface area (Å²) < 4.78 is 25.5. The number of nitrogens with zero attached hydrogens (tertiary/aromatic N) is 1. The average Bonchev–Trinajstić information content (AvgIpc) is 3.18. The molecule has 1 fully saturated rings. The minimum absolute atomic E-state index is 0.0364. The summed E-state index contributed by atoms with van der Waals surface area (Å²) in [6.07, 6.45) is 3.22. The van der Waals surface area contributed by atoms with Gasteiger partial charge in [-0.3, -0.25) is 4.90 Å². The minimum atomic E-state index is -0.289. The molecule has 1 aliphatic carbocycles. The maximum Gasteiger partial charge on any atom is 0.410 e. The highest BCUT2D eigenvalue weighted by atomic mass is 19.1. The Morgan fingerprint density at radius 1 is 1.03 bits per heavy atom.